The first-order valence-corrected chi connectivity index (χ1v) is 41.2. The van der Waals surface area contributed by atoms with Crippen LogP contribution < -0.4 is 9.80 Å². The number of anilines is 6. The van der Waals surface area contributed by atoms with Gasteiger partial charge in [0.05, 0.1) is 16.8 Å². The maximum atomic E-state index is 2.53. The summed E-state index contributed by atoms with van der Waals surface area (Å²) in [7, 11) is 0. The first-order chi connectivity index (χ1) is 57.5. The minimum atomic E-state index is -0.731. The molecule has 0 fully saturated rings. The molecule has 19 aromatic rings. The van der Waals surface area contributed by atoms with Crippen LogP contribution in [0.3, 0.4) is 0 Å². The quantitative estimate of drug-likeness (QED) is 0.0839. The van der Waals surface area contributed by atoms with Crippen LogP contribution in [0.2, 0.25) is 0 Å². The second-order valence-corrected chi connectivity index (χ2v) is 32.9. The molecule has 0 saturated carbocycles. The average Bonchev–Trinajstić information content (AvgIpc) is 1.63. The lowest BCUT2D eigenvalue weighted by Crippen LogP contribution is -2.31. The Hall–Kier alpha value is -14.2. The Labute approximate surface area is 686 Å². The zero-order valence-corrected chi connectivity index (χ0v) is 66.2. The molecule has 0 amide bonds. The monoisotopic (exact) mass is 1490 g/mol. The highest BCUT2D eigenvalue weighted by molar-refractivity contribution is 6.13. The number of rotatable bonds is 17. The lowest BCUT2D eigenvalue weighted by molar-refractivity contribution is 0.582. The predicted molar refractivity (Wildman–Crippen MR) is 493 cm³/mol. The summed E-state index contributed by atoms with van der Waals surface area (Å²) in [5.41, 5.74) is 29.8. The van der Waals surface area contributed by atoms with Gasteiger partial charge in [-0.1, -0.05) is 397 Å². The first kappa shape index (κ1) is 70.7. The van der Waals surface area contributed by atoms with Crippen molar-refractivity contribution in [2.45, 2.75) is 55.8 Å². The largest absolute Gasteiger partial charge is 0.310 e. The van der Waals surface area contributed by atoms with Crippen molar-refractivity contribution in [1.29, 1.82) is 0 Å². The normalized spacial score (nSPS) is 13.9. The zero-order valence-electron chi connectivity index (χ0n) is 66.2. The molecule has 19 aromatic carbocycles. The van der Waals surface area contributed by atoms with Crippen LogP contribution in [-0.2, 0) is 28.1 Å². The fraction of sp³-hybridized carbons (Fsp3) is 0.0783. The molecule has 0 spiro atoms. The zero-order chi connectivity index (χ0) is 78.4. The number of hydrogen-bond donors (Lipinski definition) is 0. The molecule has 0 saturated heterocycles. The van der Waals surface area contributed by atoms with Crippen LogP contribution in [0.4, 0.5) is 34.1 Å². The summed E-state index contributed by atoms with van der Waals surface area (Å²) in [6, 6.07) is 164. The molecule has 2 aliphatic rings. The molecular weight excluding hydrogens is 1410 g/mol. The second kappa shape index (κ2) is 28.4. The van der Waals surface area contributed by atoms with E-state index in [-0.39, 0.29) is 10.8 Å². The Morgan fingerprint density at radius 3 is 1.02 bits per heavy atom. The van der Waals surface area contributed by atoms with Gasteiger partial charge in [0.2, 0.25) is 0 Å². The van der Waals surface area contributed by atoms with Gasteiger partial charge in [0.15, 0.2) is 0 Å². The summed E-state index contributed by atoms with van der Waals surface area (Å²) in [5.74, 6) is 0. The van der Waals surface area contributed by atoms with E-state index >= 15 is 0 Å². The van der Waals surface area contributed by atoms with Gasteiger partial charge in [-0.05, 0) is 217 Å². The van der Waals surface area contributed by atoms with Gasteiger partial charge in [-0.15, -0.1) is 0 Å². The minimum absolute atomic E-state index is 0.151. The minimum Gasteiger partial charge on any atom is -0.310 e. The predicted octanol–water partition coefficient (Wildman–Crippen LogP) is 30.1. The van der Waals surface area contributed by atoms with Gasteiger partial charge in [-0.3, -0.25) is 0 Å². The molecular formula is C115H86N2. The molecule has 0 radical (unpaired) electrons. The molecule has 2 heteroatoms. The van der Waals surface area contributed by atoms with Crippen LogP contribution in [0.5, 0.6) is 0 Å². The first-order valence-electron chi connectivity index (χ1n) is 41.2. The Kier molecular flexibility index (Phi) is 17.2. The molecule has 556 valence electrons. The van der Waals surface area contributed by atoms with E-state index in [1.54, 1.807) is 0 Å². The van der Waals surface area contributed by atoms with E-state index < -0.39 is 10.8 Å². The Morgan fingerprint density at radius 2 is 0.538 bits per heavy atom. The van der Waals surface area contributed by atoms with Crippen LogP contribution >= 0.6 is 0 Å². The molecule has 0 aromatic heterocycles. The maximum Gasteiger partial charge on any atom is 0.0701 e. The SMILES string of the molecule is CC1(C)c2ccccc2-c2cc(N(c3ccc(C(c4ccccc4)(c4ccccc4)c4ccc(CC5(C)c6ccccc6-c6cc(N(c7ccc(C(C)(c8ccccc8)c8ccccc8)cc7)c7ccc8ccccc8c7-c7cccc8ccccc78)ccc65)cc4)cc3)c3ccc4ccccc4c3-c3cccc4ccccc34)ccc21. The molecule has 1 atom stereocenters. The van der Waals surface area contributed by atoms with Crippen molar-refractivity contribution in [3.63, 3.8) is 0 Å². The molecule has 2 aliphatic carbocycles. The Balaban J connectivity index is 0.693. The van der Waals surface area contributed by atoms with Gasteiger partial charge >= 0.3 is 0 Å². The fourth-order valence-corrected chi connectivity index (χ4v) is 20.5. The van der Waals surface area contributed by atoms with Gasteiger partial charge in [0.25, 0.3) is 0 Å². The lowest BCUT2D eigenvalue weighted by atomic mass is 9.65. The van der Waals surface area contributed by atoms with E-state index in [2.05, 4.69) is 474 Å². The van der Waals surface area contributed by atoms with Crippen molar-refractivity contribution >= 4 is 77.2 Å². The Morgan fingerprint density at radius 1 is 0.231 bits per heavy atom. The summed E-state index contributed by atoms with van der Waals surface area (Å²) >= 11 is 0. The van der Waals surface area contributed by atoms with E-state index in [1.165, 1.54) is 154 Å². The topological polar surface area (TPSA) is 6.48 Å². The van der Waals surface area contributed by atoms with Crippen molar-refractivity contribution in [2.24, 2.45) is 0 Å². The third kappa shape index (κ3) is 11.5. The molecule has 0 bridgehead atoms. The molecule has 1 unspecified atom stereocenters. The number of benzene rings is 19. The van der Waals surface area contributed by atoms with Crippen molar-refractivity contribution in [3.8, 4) is 44.5 Å². The van der Waals surface area contributed by atoms with Crippen molar-refractivity contribution in [1.82, 2.24) is 0 Å². The standard InChI is InChI=1S/C115H86N2/c1-112(2)104-53-27-25-49-98(104)102-75-92(69-71-105(102)112)117(109-74-58-82-34-20-24-48-97(82)111(109)101-52-30-36-80-32-18-22-46-95(80)101)91-67-63-89(64-68-91)115(86-41-13-7-14-42-86,87-43-15-8-16-44-87)88-59-55-78(56-60-88)77-113(3)106-54-28-26-50-99(106)103-76-93(70-72-107(103)113)116(90-65-61-85(62-66-90)114(4,83-37-9-5-10-38-83)84-39-11-6-12-40-84)108-73-57-81-33-19-23-47-96(81)110(108)100-51-29-35-79-31-17-21-45-94(79)100/h5-76H,77H2,1-4H3. The molecule has 21 rings (SSSR count). The van der Waals surface area contributed by atoms with Gasteiger partial charge in [-0.25, -0.2) is 0 Å². The van der Waals surface area contributed by atoms with Crippen LogP contribution in [0.25, 0.3) is 87.6 Å². The molecule has 0 N–H and O–H groups in total. The highest BCUT2D eigenvalue weighted by atomic mass is 15.2. The molecule has 117 heavy (non-hydrogen) atoms. The summed E-state index contributed by atoms with van der Waals surface area (Å²) < 4.78 is 0. The number of nitrogens with zero attached hydrogens (tertiary/aromatic N) is 2. The van der Waals surface area contributed by atoms with Gasteiger partial charge in [0.1, 0.15) is 0 Å². The molecule has 0 heterocycles. The third-order valence-electron chi connectivity index (χ3n) is 26.2. The van der Waals surface area contributed by atoms with Crippen molar-refractivity contribution < 1.29 is 0 Å². The second-order valence-electron chi connectivity index (χ2n) is 32.9. The van der Waals surface area contributed by atoms with Gasteiger partial charge in [-0.2, -0.15) is 0 Å². The smallest absolute Gasteiger partial charge is 0.0701 e. The van der Waals surface area contributed by atoms with Gasteiger partial charge < -0.3 is 9.80 Å². The number of hydrogen-bond acceptors (Lipinski definition) is 2. The van der Waals surface area contributed by atoms with E-state index in [4.69, 9.17) is 0 Å². The highest BCUT2D eigenvalue weighted by Crippen LogP contribution is 2.57. The van der Waals surface area contributed by atoms with E-state index in [9.17, 15) is 0 Å². The van der Waals surface area contributed by atoms with E-state index in [1.807, 2.05) is 0 Å². The summed E-state index contributed by atoms with van der Waals surface area (Å²) in [6.07, 6.45) is 0.787. The summed E-state index contributed by atoms with van der Waals surface area (Å²) in [4.78, 5) is 5.06. The third-order valence-corrected chi connectivity index (χ3v) is 26.2. The lowest BCUT2D eigenvalue weighted by Gasteiger charge is -2.37. The summed E-state index contributed by atoms with van der Waals surface area (Å²) in [5, 5.41) is 9.66. The van der Waals surface area contributed by atoms with Crippen LogP contribution in [0.15, 0.2) is 437 Å². The fourth-order valence-electron chi connectivity index (χ4n) is 20.5. The summed E-state index contributed by atoms with van der Waals surface area (Å²) in [6.45, 7) is 9.59. The van der Waals surface area contributed by atoms with Crippen LogP contribution in [0.1, 0.15) is 94.5 Å². The van der Waals surface area contributed by atoms with E-state index in [0.29, 0.717) is 0 Å². The van der Waals surface area contributed by atoms with Crippen molar-refractivity contribution in [2.75, 3.05) is 9.80 Å². The average molecular weight is 1500 g/mol. The number of fused-ring (bicyclic) bond motifs is 10. The Bertz CT molecular complexity index is 6920. The molecule has 2 nitrogen and oxygen atoms in total. The van der Waals surface area contributed by atoms with E-state index in [0.717, 1.165) is 40.5 Å². The maximum absolute atomic E-state index is 2.53. The van der Waals surface area contributed by atoms with Crippen molar-refractivity contribution in [3.05, 3.63) is 504 Å². The van der Waals surface area contributed by atoms with Crippen LogP contribution in [-0.4, -0.2) is 0 Å². The van der Waals surface area contributed by atoms with Gasteiger partial charge in [0, 0.05) is 50.1 Å². The van der Waals surface area contributed by atoms with Crippen LogP contribution in [0, 0.1) is 0 Å². The highest BCUT2D eigenvalue weighted by Gasteiger charge is 2.43. The molecule has 0 aliphatic heterocycles.